The second-order valence-electron chi connectivity index (χ2n) is 8.12. The summed E-state index contributed by atoms with van der Waals surface area (Å²) in [7, 11) is 0. The molecule has 180 valence electrons. The number of carboxylic acid groups (broad SMARTS) is 1. The molecule has 0 spiro atoms. The average Bonchev–Trinajstić information content (AvgIpc) is 2.82. The number of halogens is 3. The molecule has 0 radical (unpaired) electrons. The minimum Gasteiger partial charge on any atom is -0.481 e. The molecule has 1 N–H and O–H groups in total. The fraction of sp³-hybridized carbons (Fsp3) is 0.333. The van der Waals surface area contributed by atoms with Gasteiger partial charge in [-0.05, 0) is 48.7 Å². The van der Waals surface area contributed by atoms with Crippen molar-refractivity contribution in [3.05, 3.63) is 59.7 Å². The highest BCUT2D eigenvalue weighted by Crippen LogP contribution is 2.42. The Kier molecular flexibility index (Phi) is 6.90. The monoisotopic (exact) mass is 493 g/mol. The van der Waals surface area contributed by atoms with E-state index in [4.69, 9.17) is 14.9 Å². The van der Waals surface area contributed by atoms with E-state index >= 15 is 0 Å². The SMILES string of the molecule is C=C(C(=O)N1CCC(C(=O)O)CC1)c1ccc(Sc2ccc3c(c2)CCOO3)c(C(F)(F)F)c1. The number of amides is 1. The van der Waals surface area contributed by atoms with Gasteiger partial charge in [0.15, 0.2) is 5.75 Å². The summed E-state index contributed by atoms with van der Waals surface area (Å²) in [6.07, 6.45) is -3.43. The summed E-state index contributed by atoms with van der Waals surface area (Å²) in [6.45, 7) is 4.55. The zero-order chi connectivity index (χ0) is 24.5. The third-order valence-electron chi connectivity index (χ3n) is 5.89. The molecule has 0 aromatic heterocycles. The number of fused-ring (bicyclic) bond motifs is 1. The highest BCUT2D eigenvalue weighted by molar-refractivity contribution is 7.99. The lowest BCUT2D eigenvalue weighted by Crippen LogP contribution is -2.40. The van der Waals surface area contributed by atoms with Crippen LogP contribution in [0.4, 0.5) is 13.2 Å². The van der Waals surface area contributed by atoms with Gasteiger partial charge in [-0.15, -0.1) is 0 Å². The molecule has 0 atom stereocenters. The van der Waals surface area contributed by atoms with Crippen molar-refractivity contribution in [2.75, 3.05) is 19.7 Å². The number of hydrogen-bond acceptors (Lipinski definition) is 5. The van der Waals surface area contributed by atoms with Crippen molar-refractivity contribution >= 4 is 29.2 Å². The molecule has 4 rings (SSSR count). The van der Waals surface area contributed by atoms with E-state index in [-0.39, 0.29) is 29.1 Å². The quantitative estimate of drug-likeness (QED) is 0.464. The standard InChI is InChI=1S/C24H22F3NO5S/c1-14(22(29)28-9-6-15(7-10-28)23(30)31)16-2-5-21(19(13-16)24(25,26)27)34-18-3-4-20-17(12-18)8-11-32-33-20/h2-5,12-13,15H,1,6-11H2,(H,30,31). The summed E-state index contributed by atoms with van der Waals surface area (Å²) in [6, 6.07) is 8.85. The van der Waals surface area contributed by atoms with Crippen molar-refractivity contribution in [1.82, 2.24) is 4.90 Å². The molecule has 1 amide bonds. The Morgan fingerprint density at radius 3 is 2.53 bits per heavy atom. The van der Waals surface area contributed by atoms with Crippen molar-refractivity contribution in [2.24, 2.45) is 5.92 Å². The number of hydrogen-bond donors (Lipinski definition) is 1. The van der Waals surface area contributed by atoms with Crippen LogP contribution in [0.5, 0.6) is 5.75 Å². The molecule has 1 fully saturated rings. The van der Waals surface area contributed by atoms with Crippen molar-refractivity contribution in [3.8, 4) is 5.75 Å². The van der Waals surface area contributed by atoms with Crippen LogP contribution in [0.1, 0.15) is 29.5 Å². The zero-order valence-electron chi connectivity index (χ0n) is 18.1. The van der Waals surface area contributed by atoms with Gasteiger partial charge in [0.25, 0.3) is 5.91 Å². The van der Waals surface area contributed by atoms with E-state index in [2.05, 4.69) is 6.58 Å². The molecule has 0 aliphatic carbocycles. The average molecular weight is 494 g/mol. The van der Waals surface area contributed by atoms with Gasteiger partial charge in [0, 0.05) is 40.4 Å². The first-order valence-electron chi connectivity index (χ1n) is 10.7. The van der Waals surface area contributed by atoms with Crippen molar-refractivity contribution in [1.29, 1.82) is 0 Å². The Bertz CT molecular complexity index is 1130. The topological polar surface area (TPSA) is 76.1 Å². The fourth-order valence-corrected chi connectivity index (χ4v) is 4.96. The molecule has 2 aromatic rings. The molecule has 6 nitrogen and oxygen atoms in total. The van der Waals surface area contributed by atoms with E-state index in [1.807, 2.05) is 0 Å². The molecule has 0 unspecified atom stereocenters. The van der Waals surface area contributed by atoms with Gasteiger partial charge in [0.2, 0.25) is 0 Å². The van der Waals surface area contributed by atoms with Crippen LogP contribution in [0.2, 0.25) is 0 Å². The van der Waals surface area contributed by atoms with Gasteiger partial charge in [-0.2, -0.15) is 18.1 Å². The van der Waals surface area contributed by atoms with E-state index in [1.54, 1.807) is 18.2 Å². The van der Waals surface area contributed by atoms with Gasteiger partial charge >= 0.3 is 12.1 Å². The fourth-order valence-electron chi connectivity index (χ4n) is 3.95. The Morgan fingerprint density at radius 1 is 1.12 bits per heavy atom. The van der Waals surface area contributed by atoms with Crippen LogP contribution in [0.3, 0.4) is 0 Å². The molecule has 34 heavy (non-hydrogen) atoms. The van der Waals surface area contributed by atoms with Crippen LogP contribution in [0, 0.1) is 5.92 Å². The molecule has 2 aromatic carbocycles. The second kappa shape index (κ2) is 9.71. The normalized spacial score (nSPS) is 16.5. The van der Waals surface area contributed by atoms with E-state index in [1.165, 1.54) is 17.0 Å². The number of likely N-dealkylation sites (tertiary alicyclic amines) is 1. The lowest BCUT2D eigenvalue weighted by molar-refractivity contribution is -0.215. The van der Waals surface area contributed by atoms with E-state index in [0.717, 1.165) is 23.4 Å². The maximum atomic E-state index is 13.9. The summed E-state index contributed by atoms with van der Waals surface area (Å²) < 4.78 is 41.7. The first-order valence-corrected chi connectivity index (χ1v) is 11.5. The zero-order valence-corrected chi connectivity index (χ0v) is 18.9. The van der Waals surface area contributed by atoms with Gasteiger partial charge in [-0.3, -0.25) is 9.59 Å². The molecular weight excluding hydrogens is 471 g/mol. The number of carbonyl (C=O) groups excluding carboxylic acids is 1. The molecular formula is C24H22F3NO5S. The predicted octanol–water partition coefficient (Wildman–Crippen LogP) is 5.06. The maximum Gasteiger partial charge on any atom is 0.417 e. The van der Waals surface area contributed by atoms with E-state index in [0.29, 0.717) is 36.5 Å². The first-order chi connectivity index (χ1) is 16.1. The Labute approximate surface area is 198 Å². The molecule has 2 aliphatic rings. The molecule has 1 saturated heterocycles. The van der Waals surface area contributed by atoms with Crippen LogP contribution in [-0.4, -0.2) is 41.6 Å². The third kappa shape index (κ3) is 5.23. The van der Waals surface area contributed by atoms with E-state index < -0.39 is 29.5 Å². The molecule has 0 saturated carbocycles. The smallest absolute Gasteiger partial charge is 0.417 e. The van der Waals surface area contributed by atoms with Gasteiger partial charge in [0.1, 0.15) is 0 Å². The Hall–Kier alpha value is -2.98. The number of benzene rings is 2. The molecule has 2 heterocycles. The van der Waals surface area contributed by atoms with Crippen LogP contribution < -0.4 is 4.89 Å². The lowest BCUT2D eigenvalue weighted by Gasteiger charge is -2.30. The second-order valence-corrected chi connectivity index (χ2v) is 9.23. The van der Waals surface area contributed by atoms with Gasteiger partial charge in [-0.25, -0.2) is 0 Å². The van der Waals surface area contributed by atoms with Crippen LogP contribution in [0.25, 0.3) is 5.57 Å². The number of carboxylic acids is 1. The van der Waals surface area contributed by atoms with E-state index in [9.17, 15) is 22.8 Å². The highest BCUT2D eigenvalue weighted by Gasteiger charge is 2.35. The molecule has 2 aliphatic heterocycles. The minimum absolute atomic E-state index is 0.00620. The number of aliphatic carboxylic acids is 1. The Morgan fingerprint density at radius 2 is 1.85 bits per heavy atom. The van der Waals surface area contributed by atoms with Crippen LogP contribution in [-0.2, 0) is 27.1 Å². The van der Waals surface area contributed by atoms with Crippen LogP contribution >= 0.6 is 11.8 Å². The predicted molar refractivity (Wildman–Crippen MR) is 118 cm³/mol. The number of piperidine rings is 1. The van der Waals surface area contributed by atoms with Gasteiger partial charge < -0.3 is 14.9 Å². The van der Waals surface area contributed by atoms with Crippen molar-refractivity contribution < 1.29 is 37.6 Å². The number of carbonyl (C=O) groups is 2. The summed E-state index contributed by atoms with van der Waals surface area (Å²) in [5.74, 6) is -1.37. The lowest BCUT2D eigenvalue weighted by atomic mass is 9.95. The maximum absolute atomic E-state index is 13.9. The van der Waals surface area contributed by atoms with Crippen molar-refractivity contribution in [2.45, 2.75) is 35.2 Å². The molecule has 0 bridgehead atoms. The molecule has 10 heteroatoms. The summed E-state index contributed by atoms with van der Waals surface area (Å²) >= 11 is 0.977. The summed E-state index contributed by atoms with van der Waals surface area (Å²) in [4.78, 5) is 36.0. The Balaban J connectivity index is 1.54. The van der Waals surface area contributed by atoms with Crippen molar-refractivity contribution in [3.63, 3.8) is 0 Å². The number of alkyl halides is 3. The summed E-state index contributed by atoms with van der Waals surface area (Å²) in [5.41, 5.74) is 0.0256. The number of nitrogens with zero attached hydrogens (tertiary/aromatic N) is 1. The first kappa shape index (κ1) is 24.2. The summed E-state index contributed by atoms with van der Waals surface area (Å²) in [5, 5.41) is 9.11. The van der Waals surface area contributed by atoms with Crippen LogP contribution in [0.15, 0.2) is 52.8 Å². The van der Waals surface area contributed by atoms with Gasteiger partial charge in [-0.1, -0.05) is 24.4 Å². The number of rotatable bonds is 5. The van der Waals surface area contributed by atoms with Gasteiger partial charge in [0.05, 0.1) is 18.1 Å². The minimum atomic E-state index is -4.63. The highest BCUT2D eigenvalue weighted by atomic mass is 32.2. The largest absolute Gasteiger partial charge is 0.481 e. The third-order valence-corrected chi connectivity index (χ3v) is 6.95.